The van der Waals surface area contributed by atoms with Crippen molar-refractivity contribution in [3.63, 3.8) is 0 Å². The summed E-state index contributed by atoms with van der Waals surface area (Å²) < 4.78 is 11.7. The van der Waals surface area contributed by atoms with Crippen molar-refractivity contribution in [3.05, 3.63) is 101 Å². The molecule has 196 valence electrons. The summed E-state index contributed by atoms with van der Waals surface area (Å²) in [6, 6.07) is 21.9. The molecule has 0 aromatic heterocycles. The molecule has 7 heteroatoms. The molecule has 2 aliphatic rings. The molecule has 2 unspecified atom stereocenters. The summed E-state index contributed by atoms with van der Waals surface area (Å²) in [4.78, 5) is 30.0. The average Bonchev–Trinajstić information content (AvgIpc) is 3.41. The number of amides is 1. The van der Waals surface area contributed by atoms with E-state index < -0.39 is 17.7 Å². The van der Waals surface area contributed by atoms with Gasteiger partial charge in [-0.25, -0.2) is 0 Å². The van der Waals surface area contributed by atoms with Crippen LogP contribution in [0.1, 0.15) is 35.2 Å². The van der Waals surface area contributed by atoms with E-state index in [2.05, 4.69) is 0 Å². The Morgan fingerprint density at radius 1 is 1.05 bits per heavy atom. The van der Waals surface area contributed by atoms with Crippen molar-refractivity contribution < 1.29 is 24.2 Å². The Balaban J connectivity index is 1.48. The fourth-order valence-electron chi connectivity index (χ4n) is 4.98. The summed E-state index contributed by atoms with van der Waals surface area (Å²) >= 11 is 0. The second-order valence-electron chi connectivity index (χ2n) is 10.1. The third kappa shape index (κ3) is 5.15. The smallest absolute Gasteiger partial charge is 0.295 e. The van der Waals surface area contributed by atoms with E-state index in [1.807, 2.05) is 92.6 Å². The van der Waals surface area contributed by atoms with Crippen LogP contribution in [-0.4, -0.2) is 59.9 Å². The van der Waals surface area contributed by atoms with E-state index >= 15 is 0 Å². The van der Waals surface area contributed by atoms with E-state index in [0.29, 0.717) is 31.0 Å². The third-order valence-electron chi connectivity index (χ3n) is 6.94. The summed E-state index contributed by atoms with van der Waals surface area (Å²) in [6.07, 6.45) is 0.781. The topological polar surface area (TPSA) is 79.3 Å². The minimum atomic E-state index is -0.707. The van der Waals surface area contributed by atoms with Gasteiger partial charge in [0.25, 0.3) is 11.7 Å². The van der Waals surface area contributed by atoms with Gasteiger partial charge in [-0.1, -0.05) is 42.5 Å². The largest absolute Gasteiger partial charge is 0.507 e. The van der Waals surface area contributed by atoms with Crippen LogP contribution in [0.3, 0.4) is 0 Å². The predicted octanol–water partition coefficient (Wildman–Crippen LogP) is 4.57. The van der Waals surface area contributed by atoms with Gasteiger partial charge in [0.05, 0.1) is 11.6 Å². The number of ketones is 1. The number of likely N-dealkylation sites (N-methyl/N-ethyl adjacent to an activating group) is 1. The Bertz CT molecular complexity index is 1360. The molecule has 0 saturated carbocycles. The molecule has 1 fully saturated rings. The van der Waals surface area contributed by atoms with Crippen LogP contribution in [0, 0.1) is 0 Å². The molecule has 2 aliphatic heterocycles. The summed E-state index contributed by atoms with van der Waals surface area (Å²) in [5.41, 5.74) is 3.36. The molecule has 0 bridgehead atoms. The molecule has 0 aliphatic carbocycles. The van der Waals surface area contributed by atoms with Gasteiger partial charge in [-0.05, 0) is 68.0 Å². The van der Waals surface area contributed by atoms with Crippen LogP contribution in [0.2, 0.25) is 0 Å². The lowest BCUT2D eigenvalue weighted by Gasteiger charge is -2.26. The molecular weight excluding hydrogens is 480 g/mol. The number of ether oxygens (including phenoxy) is 2. The Kier molecular flexibility index (Phi) is 7.20. The third-order valence-corrected chi connectivity index (χ3v) is 6.94. The fourth-order valence-corrected chi connectivity index (χ4v) is 4.98. The molecule has 2 atom stereocenters. The Hall–Kier alpha value is -4.10. The molecule has 1 saturated heterocycles. The van der Waals surface area contributed by atoms with Gasteiger partial charge in [0.1, 0.15) is 30.0 Å². The monoisotopic (exact) mass is 512 g/mol. The van der Waals surface area contributed by atoms with Crippen molar-refractivity contribution in [2.24, 2.45) is 0 Å². The Morgan fingerprint density at radius 2 is 1.79 bits per heavy atom. The lowest BCUT2D eigenvalue weighted by Crippen LogP contribution is -2.35. The van der Waals surface area contributed by atoms with Gasteiger partial charge in [-0.3, -0.25) is 9.59 Å². The van der Waals surface area contributed by atoms with E-state index in [1.165, 1.54) is 0 Å². The maximum Gasteiger partial charge on any atom is 0.295 e. The van der Waals surface area contributed by atoms with Gasteiger partial charge in [-0.15, -0.1) is 0 Å². The number of fused-ring (bicyclic) bond motifs is 1. The lowest BCUT2D eigenvalue weighted by molar-refractivity contribution is -0.140. The van der Waals surface area contributed by atoms with Crippen LogP contribution >= 0.6 is 0 Å². The molecule has 5 rings (SSSR count). The van der Waals surface area contributed by atoms with Gasteiger partial charge in [0.15, 0.2) is 0 Å². The van der Waals surface area contributed by atoms with Crippen LogP contribution in [0.5, 0.6) is 11.5 Å². The Labute approximate surface area is 222 Å². The van der Waals surface area contributed by atoms with E-state index in [9.17, 15) is 14.7 Å². The van der Waals surface area contributed by atoms with Crippen molar-refractivity contribution in [1.29, 1.82) is 0 Å². The first-order valence-electron chi connectivity index (χ1n) is 12.8. The number of carbonyl (C=O) groups is 2. The SMILES string of the molecule is CC1Cc2cc(C(O)=C3C(=O)C(=O)N(CCN(C)C)C3c3ccc(OCc4ccccc4)cc3)ccc2O1. The standard InChI is InChI=1S/C31H32N2O5/c1-20-17-24-18-23(11-14-26(24)38-20)29(34)27-28(33(16-15-32(2)3)31(36)30(27)35)22-9-12-25(13-10-22)37-19-21-7-5-4-6-8-21/h4-14,18,20,28,34H,15-17,19H2,1-3H3. The van der Waals surface area contributed by atoms with Gasteiger partial charge in [0.2, 0.25) is 0 Å². The highest BCUT2D eigenvalue weighted by atomic mass is 16.5. The number of likely N-dealkylation sites (tertiary alicyclic amines) is 1. The van der Waals surface area contributed by atoms with E-state index in [1.54, 1.807) is 11.0 Å². The summed E-state index contributed by atoms with van der Waals surface area (Å²) in [7, 11) is 3.83. The zero-order chi connectivity index (χ0) is 26.8. The first-order chi connectivity index (χ1) is 18.3. The molecule has 0 spiro atoms. The summed E-state index contributed by atoms with van der Waals surface area (Å²) in [5, 5.41) is 11.4. The van der Waals surface area contributed by atoms with E-state index in [4.69, 9.17) is 9.47 Å². The first-order valence-corrected chi connectivity index (χ1v) is 12.8. The molecule has 38 heavy (non-hydrogen) atoms. The lowest BCUT2D eigenvalue weighted by atomic mass is 9.94. The van der Waals surface area contributed by atoms with Crippen molar-refractivity contribution in [2.75, 3.05) is 27.2 Å². The molecule has 1 amide bonds. The van der Waals surface area contributed by atoms with E-state index in [-0.39, 0.29) is 17.4 Å². The normalized spacial score (nSPS) is 20.1. The zero-order valence-corrected chi connectivity index (χ0v) is 21.9. The minimum absolute atomic E-state index is 0.0571. The maximum absolute atomic E-state index is 13.3. The highest BCUT2D eigenvalue weighted by Crippen LogP contribution is 2.41. The Morgan fingerprint density at radius 3 is 2.50 bits per heavy atom. The number of carbonyl (C=O) groups excluding carboxylic acids is 2. The second kappa shape index (κ2) is 10.7. The second-order valence-corrected chi connectivity index (χ2v) is 10.1. The number of rotatable bonds is 8. The number of Topliss-reactive ketones (excluding diaryl/α,β-unsaturated/α-hetero) is 1. The molecule has 3 aromatic rings. The van der Waals surface area contributed by atoms with E-state index in [0.717, 1.165) is 28.9 Å². The van der Waals surface area contributed by atoms with Crippen molar-refractivity contribution >= 4 is 17.4 Å². The summed E-state index contributed by atoms with van der Waals surface area (Å²) in [5.74, 6) is -0.00660. The van der Waals surface area contributed by atoms with Crippen LogP contribution in [0.15, 0.2) is 78.4 Å². The predicted molar refractivity (Wildman–Crippen MR) is 145 cm³/mol. The fraction of sp³-hybridized carbons (Fsp3) is 0.290. The van der Waals surface area contributed by atoms with Crippen LogP contribution in [0.25, 0.3) is 5.76 Å². The highest BCUT2D eigenvalue weighted by Gasteiger charge is 2.46. The maximum atomic E-state index is 13.3. The van der Waals surface area contributed by atoms with Gasteiger partial charge >= 0.3 is 0 Å². The number of hydrogen-bond acceptors (Lipinski definition) is 6. The molecule has 1 N–H and O–H groups in total. The molecule has 0 radical (unpaired) electrons. The number of aliphatic hydroxyl groups excluding tert-OH is 1. The average molecular weight is 513 g/mol. The van der Waals surface area contributed by atoms with Crippen LogP contribution in [0.4, 0.5) is 0 Å². The van der Waals surface area contributed by atoms with Crippen LogP contribution in [-0.2, 0) is 22.6 Å². The number of aliphatic hydroxyl groups is 1. The minimum Gasteiger partial charge on any atom is -0.507 e. The summed E-state index contributed by atoms with van der Waals surface area (Å²) in [6.45, 7) is 3.35. The van der Waals surface area contributed by atoms with Crippen molar-refractivity contribution in [3.8, 4) is 11.5 Å². The number of hydrogen-bond donors (Lipinski definition) is 1. The van der Waals surface area contributed by atoms with Gasteiger partial charge in [-0.2, -0.15) is 0 Å². The number of benzene rings is 3. The molecule has 3 aromatic carbocycles. The first kappa shape index (κ1) is 25.5. The number of nitrogens with zero attached hydrogens (tertiary/aromatic N) is 2. The van der Waals surface area contributed by atoms with Gasteiger partial charge < -0.3 is 24.4 Å². The molecule has 7 nitrogen and oxygen atoms in total. The van der Waals surface area contributed by atoms with Crippen LogP contribution < -0.4 is 9.47 Å². The zero-order valence-electron chi connectivity index (χ0n) is 21.9. The quantitative estimate of drug-likeness (QED) is 0.271. The van der Waals surface area contributed by atoms with Crippen molar-refractivity contribution in [2.45, 2.75) is 32.1 Å². The van der Waals surface area contributed by atoms with Gasteiger partial charge in [0, 0.05) is 25.1 Å². The highest BCUT2D eigenvalue weighted by molar-refractivity contribution is 6.46. The molecule has 2 heterocycles. The van der Waals surface area contributed by atoms with Crippen molar-refractivity contribution in [1.82, 2.24) is 9.80 Å². The molecular formula is C31H32N2O5.